The van der Waals surface area contributed by atoms with Crippen LogP contribution in [0.3, 0.4) is 0 Å². The fourth-order valence-corrected chi connectivity index (χ4v) is 2.96. The lowest BCUT2D eigenvalue weighted by Crippen LogP contribution is -2.39. The van der Waals surface area contributed by atoms with Crippen molar-refractivity contribution in [2.24, 2.45) is 0 Å². The molecule has 10 heteroatoms. The maximum Gasteiger partial charge on any atom is 0.355 e. The summed E-state index contributed by atoms with van der Waals surface area (Å²) in [6.07, 6.45) is 3.24. The molecular formula is C17H15BrFN3O5. The second-order valence-corrected chi connectivity index (χ2v) is 6.37. The van der Waals surface area contributed by atoms with Gasteiger partial charge in [0.1, 0.15) is 18.2 Å². The van der Waals surface area contributed by atoms with E-state index < -0.39 is 17.8 Å². The van der Waals surface area contributed by atoms with Crippen molar-refractivity contribution in [3.63, 3.8) is 0 Å². The molecule has 0 saturated carbocycles. The van der Waals surface area contributed by atoms with Crippen LogP contribution in [0.1, 0.15) is 0 Å². The van der Waals surface area contributed by atoms with Gasteiger partial charge in [-0.3, -0.25) is 0 Å². The van der Waals surface area contributed by atoms with Crippen LogP contribution in [0.15, 0.2) is 46.3 Å². The molecule has 0 fully saturated rings. The molecule has 1 aromatic carbocycles. The van der Waals surface area contributed by atoms with E-state index in [4.69, 9.17) is 14.2 Å². The van der Waals surface area contributed by atoms with Gasteiger partial charge in [0.05, 0.1) is 48.4 Å². The number of hydrogen-bond acceptors (Lipinski definition) is 7. The van der Waals surface area contributed by atoms with E-state index >= 15 is 0 Å². The van der Waals surface area contributed by atoms with Crippen LogP contribution in [-0.4, -0.2) is 49.3 Å². The van der Waals surface area contributed by atoms with Gasteiger partial charge in [0.2, 0.25) is 0 Å². The molecule has 0 radical (unpaired) electrons. The molecule has 0 spiro atoms. The number of halogens is 2. The molecule has 0 unspecified atom stereocenters. The molecule has 1 aliphatic heterocycles. The Bertz CT molecular complexity index is 927. The fourth-order valence-electron chi connectivity index (χ4n) is 2.67. The van der Waals surface area contributed by atoms with E-state index in [9.17, 15) is 14.0 Å². The van der Waals surface area contributed by atoms with E-state index in [0.717, 1.165) is 0 Å². The SMILES string of the molecule is COC(=O)C1=C(C(=O)OC)N(c2cc(F)ccc2-n2cc(Br)cn2)COC1. The van der Waals surface area contributed by atoms with Gasteiger partial charge >= 0.3 is 11.9 Å². The number of nitrogens with zero attached hydrogens (tertiary/aromatic N) is 3. The number of rotatable bonds is 4. The first-order chi connectivity index (χ1) is 13.0. The van der Waals surface area contributed by atoms with Crippen molar-refractivity contribution in [2.75, 3.05) is 32.5 Å². The number of hydrogen-bond donors (Lipinski definition) is 0. The molecular weight excluding hydrogens is 425 g/mol. The van der Waals surface area contributed by atoms with Crippen molar-refractivity contribution in [3.05, 3.63) is 52.2 Å². The summed E-state index contributed by atoms with van der Waals surface area (Å²) in [5.41, 5.74) is 0.645. The first-order valence-corrected chi connectivity index (χ1v) is 8.50. The molecule has 2 aromatic rings. The molecule has 0 bridgehead atoms. The quantitative estimate of drug-likeness (QED) is 0.674. The second kappa shape index (κ2) is 7.89. The third-order valence-electron chi connectivity index (χ3n) is 3.86. The number of carbonyl (C=O) groups is 2. The Hall–Kier alpha value is -2.72. The third-order valence-corrected chi connectivity index (χ3v) is 4.27. The molecule has 1 aliphatic rings. The van der Waals surface area contributed by atoms with E-state index in [0.29, 0.717) is 10.2 Å². The minimum atomic E-state index is -0.768. The summed E-state index contributed by atoms with van der Waals surface area (Å²) in [6.45, 7) is -0.227. The number of methoxy groups -OCH3 is 2. The van der Waals surface area contributed by atoms with Gasteiger partial charge < -0.3 is 19.1 Å². The van der Waals surface area contributed by atoms with Crippen molar-refractivity contribution in [3.8, 4) is 5.69 Å². The predicted molar refractivity (Wildman–Crippen MR) is 95.6 cm³/mol. The van der Waals surface area contributed by atoms with Crippen LogP contribution >= 0.6 is 15.9 Å². The van der Waals surface area contributed by atoms with Gasteiger partial charge in [0, 0.05) is 6.20 Å². The van der Waals surface area contributed by atoms with Gasteiger partial charge in [-0.15, -0.1) is 0 Å². The monoisotopic (exact) mass is 439 g/mol. The first-order valence-electron chi connectivity index (χ1n) is 7.71. The molecule has 0 aliphatic carbocycles. The van der Waals surface area contributed by atoms with Crippen molar-refractivity contribution in [2.45, 2.75) is 0 Å². The van der Waals surface area contributed by atoms with Crippen LogP contribution in [0.25, 0.3) is 5.69 Å². The maximum atomic E-state index is 14.0. The average molecular weight is 440 g/mol. The topological polar surface area (TPSA) is 82.9 Å². The van der Waals surface area contributed by atoms with Crippen molar-refractivity contribution < 1.29 is 28.2 Å². The van der Waals surface area contributed by atoms with Gasteiger partial charge in [-0.25, -0.2) is 18.7 Å². The molecule has 0 N–H and O–H groups in total. The summed E-state index contributed by atoms with van der Waals surface area (Å²) in [5.74, 6) is -2.04. The highest BCUT2D eigenvalue weighted by Gasteiger charge is 2.33. The maximum absolute atomic E-state index is 14.0. The van der Waals surface area contributed by atoms with Crippen LogP contribution < -0.4 is 4.90 Å². The van der Waals surface area contributed by atoms with Gasteiger partial charge in [0.25, 0.3) is 0 Å². The summed E-state index contributed by atoms with van der Waals surface area (Å²) in [4.78, 5) is 25.9. The Kier molecular flexibility index (Phi) is 5.57. The highest BCUT2D eigenvalue weighted by Crippen LogP contribution is 2.32. The molecule has 2 heterocycles. The van der Waals surface area contributed by atoms with Crippen LogP contribution in [0.5, 0.6) is 0 Å². The molecule has 0 saturated heterocycles. The Balaban J connectivity index is 2.20. The van der Waals surface area contributed by atoms with Crippen molar-refractivity contribution in [1.82, 2.24) is 9.78 Å². The zero-order valence-electron chi connectivity index (χ0n) is 14.4. The van der Waals surface area contributed by atoms with E-state index in [1.165, 1.54) is 42.0 Å². The van der Waals surface area contributed by atoms with Crippen molar-refractivity contribution in [1.29, 1.82) is 0 Å². The number of carbonyl (C=O) groups excluding carboxylic acids is 2. The summed E-state index contributed by atoms with van der Waals surface area (Å²) < 4.78 is 31.2. The fraction of sp³-hybridized carbons (Fsp3) is 0.235. The van der Waals surface area contributed by atoms with Gasteiger partial charge in [0.15, 0.2) is 0 Å². The summed E-state index contributed by atoms with van der Waals surface area (Å²) in [6, 6.07) is 3.99. The molecule has 3 rings (SSSR count). The molecule has 27 heavy (non-hydrogen) atoms. The van der Waals surface area contributed by atoms with Crippen LogP contribution in [0.4, 0.5) is 10.1 Å². The summed E-state index contributed by atoms with van der Waals surface area (Å²) >= 11 is 3.31. The van der Waals surface area contributed by atoms with Crippen LogP contribution in [-0.2, 0) is 23.8 Å². The smallest absolute Gasteiger partial charge is 0.355 e. The lowest BCUT2D eigenvalue weighted by molar-refractivity contribution is -0.140. The summed E-state index contributed by atoms with van der Waals surface area (Å²) in [5, 5.41) is 4.19. The normalized spacial score (nSPS) is 14.3. The number of ether oxygens (including phenoxy) is 3. The van der Waals surface area contributed by atoms with Crippen LogP contribution in [0, 0.1) is 5.82 Å². The minimum absolute atomic E-state index is 0.0209. The summed E-state index contributed by atoms with van der Waals surface area (Å²) in [7, 11) is 2.38. The Morgan fingerprint density at radius 1 is 1.22 bits per heavy atom. The van der Waals surface area contributed by atoms with E-state index in [2.05, 4.69) is 21.0 Å². The van der Waals surface area contributed by atoms with Gasteiger partial charge in [-0.05, 0) is 34.1 Å². The average Bonchev–Trinajstić information content (AvgIpc) is 3.12. The van der Waals surface area contributed by atoms with E-state index in [1.807, 2.05) is 0 Å². The van der Waals surface area contributed by atoms with Crippen molar-refractivity contribution >= 4 is 33.6 Å². The Morgan fingerprint density at radius 2 is 1.96 bits per heavy atom. The van der Waals surface area contributed by atoms with Gasteiger partial charge in [-0.1, -0.05) is 0 Å². The molecule has 0 atom stereocenters. The standard InChI is InChI=1S/C17H15BrFN3O5/c1-25-16(23)12-8-27-9-21(15(12)17(24)26-2)14-5-11(19)3-4-13(14)22-7-10(18)6-20-22/h3-7H,8-9H2,1-2H3. The molecule has 8 nitrogen and oxygen atoms in total. The Labute approximate surface area is 162 Å². The lowest BCUT2D eigenvalue weighted by atomic mass is 10.1. The van der Waals surface area contributed by atoms with E-state index in [-0.39, 0.29) is 30.3 Å². The Morgan fingerprint density at radius 3 is 2.59 bits per heavy atom. The van der Waals surface area contributed by atoms with E-state index in [1.54, 1.807) is 12.4 Å². The largest absolute Gasteiger partial charge is 0.466 e. The zero-order valence-corrected chi connectivity index (χ0v) is 16.0. The number of anilines is 1. The second-order valence-electron chi connectivity index (χ2n) is 5.45. The number of aromatic nitrogens is 2. The predicted octanol–water partition coefficient (Wildman–Crippen LogP) is 2.17. The number of benzene rings is 1. The first kappa shape index (κ1) is 19.1. The zero-order chi connectivity index (χ0) is 19.6. The minimum Gasteiger partial charge on any atom is -0.466 e. The molecule has 142 valence electrons. The highest BCUT2D eigenvalue weighted by molar-refractivity contribution is 9.10. The van der Waals surface area contributed by atoms with Crippen LogP contribution in [0.2, 0.25) is 0 Å². The third kappa shape index (κ3) is 3.71. The number of esters is 2. The molecule has 0 amide bonds. The highest BCUT2D eigenvalue weighted by atomic mass is 79.9. The van der Waals surface area contributed by atoms with Gasteiger partial charge in [-0.2, -0.15) is 5.10 Å². The molecule has 1 aromatic heterocycles. The lowest BCUT2D eigenvalue weighted by Gasteiger charge is -2.32.